The van der Waals surface area contributed by atoms with Crippen LogP contribution >= 0.6 is 0 Å². The summed E-state index contributed by atoms with van der Waals surface area (Å²) in [6.07, 6.45) is 8.50. The second-order valence-electron chi connectivity index (χ2n) is 9.18. The number of aromatic nitrogens is 4. The van der Waals surface area contributed by atoms with Crippen molar-refractivity contribution in [3.8, 4) is 11.1 Å². The van der Waals surface area contributed by atoms with E-state index in [1.807, 2.05) is 18.2 Å². The lowest BCUT2D eigenvalue weighted by molar-refractivity contribution is 0.0326. The zero-order chi connectivity index (χ0) is 24.5. The Balaban J connectivity index is 1.12. The minimum absolute atomic E-state index is 0.0161. The van der Waals surface area contributed by atoms with Gasteiger partial charge in [-0.15, -0.1) is 5.10 Å². The van der Waals surface area contributed by atoms with Crippen LogP contribution in [0.15, 0.2) is 55.0 Å². The Labute approximate surface area is 207 Å². The van der Waals surface area contributed by atoms with Crippen LogP contribution in [0.3, 0.4) is 0 Å². The first kappa shape index (κ1) is 22.6. The lowest BCUT2D eigenvalue weighted by atomic mass is 10.1. The molecule has 3 aromatic rings. The summed E-state index contributed by atoms with van der Waals surface area (Å²) in [6.45, 7) is 3.77. The normalized spacial score (nSPS) is 22.1. The minimum atomic E-state index is -0.513. The fourth-order valence-electron chi connectivity index (χ4n) is 4.83. The van der Waals surface area contributed by atoms with E-state index in [-0.39, 0.29) is 6.10 Å². The maximum atomic E-state index is 15.1. The summed E-state index contributed by atoms with van der Waals surface area (Å²) in [4.78, 5) is 26.4. The molecule has 0 spiro atoms. The molecule has 186 valence electrons. The number of benzene rings is 1. The van der Waals surface area contributed by atoms with Crippen molar-refractivity contribution in [2.75, 3.05) is 31.1 Å². The number of halogens is 1. The molecular formula is C25H26FN7O3. The number of anilines is 1. The largest absolute Gasteiger partial charge is 0.442 e. The number of amides is 1. The smallest absolute Gasteiger partial charge is 0.414 e. The number of cyclic esters (lactones) is 1. The Hall–Kier alpha value is -3.83. The minimum Gasteiger partial charge on any atom is -0.442 e. The Kier molecular flexibility index (Phi) is 6.08. The first-order valence-corrected chi connectivity index (χ1v) is 12.1. The van der Waals surface area contributed by atoms with Crippen LogP contribution in [0.25, 0.3) is 16.8 Å². The van der Waals surface area contributed by atoms with Crippen molar-refractivity contribution in [3.63, 3.8) is 0 Å². The highest BCUT2D eigenvalue weighted by molar-refractivity contribution is 5.90. The van der Waals surface area contributed by atoms with Gasteiger partial charge in [0.25, 0.3) is 0 Å². The van der Waals surface area contributed by atoms with Crippen LogP contribution in [-0.2, 0) is 16.1 Å². The zero-order valence-electron chi connectivity index (χ0n) is 19.6. The molecule has 11 heteroatoms. The molecule has 0 radical (unpaired) electrons. The average Bonchev–Trinajstić information content (AvgIpc) is 3.69. The fraction of sp³-hybridized carbons (Fsp3) is 0.360. The van der Waals surface area contributed by atoms with Crippen molar-refractivity contribution in [1.82, 2.24) is 30.4 Å². The topological polar surface area (TPSA) is 97.6 Å². The van der Waals surface area contributed by atoms with Crippen LogP contribution < -0.4 is 10.4 Å². The summed E-state index contributed by atoms with van der Waals surface area (Å²) >= 11 is 0. The van der Waals surface area contributed by atoms with Gasteiger partial charge in [0.1, 0.15) is 18.0 Å². The molecule has 1 aromatic carbocycles. The molecular weight excluding hydrogens is 465 g/mol. The molecule has 1 amide bonds. The van der Waals surface area contributed by atoms with Crippen LogP contribution in [0, 0.1) is 5.82 Å². The number of carbonyl (C=O) groups excluding carboxylic acids is 1. The first-order chi connectivity index (χ1) is 17.6. The Morgan fingerprint density at radius 1 is 1.14 bits per heavy atom. The van der Waals surface area contributed by atoms with Gasteiger partial charge in [-0.3, -0.25) is 20.2 Å². The van der Waals surface area contributed by atoms with Crippen molar-refractivity contribution >= 4 is 17.5 Å². The van der Waals surface area contributed by atoms with E-state index >= 15 is 4.39 Å². The summed E-state index contributed by atoms with van der Waals surface area (Å²) in [5.74, 6) is -0.443. The van der Waals surface area contributed by atoms with Gasteiger partial charge in [0.15, 0.2) is 0 Å². The molecule has 10 nitrogen and oxygen atoms in total. The third-order valence-electron chi connectivity index (χ3n) is 6.66. The average molecular weight is 492 g/mol. The third kappa shape index (κ3) is 4.67. The first-order valence-electron chi connectivity index (χ1n) is 12.1. The van der Waals surface area contributed by atoms with Crippen molar-refractivity contribution in [3.05, 3.63) is 66.5 Å². The molecule has 5 heterocycles. The summed E-state index contributed by atoms with van der Waals surface area (Å²) < 4.78 is 22.1. The maximum absolute atomic E-state index is 15.1. The summed E-state index contributed by atoms with van der Waals surface area (Å²) in [6, 6.07) is 8.38. The number of nitrogens with zero attached hydrogens (tertiary/aromatic N) is 6. The number of pyridine rings is 1. The van der Waals surface area contributed by atoms with E-state index in [1.54, 1.807) is 35.4 Å². The van der Waals surface area contributed by atoms with Crippen molar-refractivity contribution < 1.29 is 18.8 Å². The molecule has 0 bridgehead atoms. The highest BCUT2D eigenvalue weighted by Crippen LogP contribution is 2.30. The lowest BCUT2D eigenvalue weighted by Crippen LogP contribution is -2.30. The van der Waals surface area contributed by atoms with E-state index < -0.39 is 18.0 Å². The number of hydroxylamine groups is 1. The Bertz CT molecular complexity index is 1260. The number of carbonyl (C=O) groups is 1. The highest BCUT2D eigenvalue weighted by atomic mass is 19.1. The van der Waals surface area contributed by atoms with Gasteiger partial charge in [0, 0.05) is 30.1 Å². The maximum Gasteiger partial charge on any atom is 0.414 e. The van der Waals surface area contributed by atoms with Crippen LogP contribution in [0.5, 0.6) is 0 Å². The number of nitrogens with one attached hydrogen (secondary N) is 1. The molecule has 2 saturated heterocycles. The monoisotopic (exact) mass is 491 g/mol. The van der Waals surface area contributed by atoms with Gasteiger partial charge in [-0.2, -0.15) is 0 Å². The molecule has 1 N–H and O–H groups in total. The van der Waals surface area contributed by atoms with E-state index in [0.29, 0.717) is 29.9 Å². The van der Waals surface area contributed by atoms with Crippen molar-refractivity contribution in [2.24, 2.45) is 0 Å². The number of hydrogen-bond donors (Lipinski definition) is 1. The van der Waals surface area contributed by atoms with Crippen LogP contribution in [0.2, 0.25) is 0 Å². The number of rotatable bonds is 7. The van der Waals surface area contributed by atoms with Gasteiger partial charge < -0.3 is 9.64 Å². The Morgan fingerprint density at radius 3 is 2.78 bits per heavy atom. The predicted octanol–water partition coefficient (Wildman–Crippen LogP) is 2.84. The summed E-state index contributed by atoms with van der Waals surface area (Å²) in [7, 11) is 0. The van der Waals surface area contributed by atoms with Crippen molar-refractivity contribution in [2.45, 2.75) is 31.6 Å². The fourth-order valence-corrected chi connectivity index (χ4v) is 4.83. The van der Waals surface area contributed by atoms with Gasteiger partial charge in [-0.05, 0) is 56.3 Å². The molecule has 2 atom stereocenters. The number of ether oxygens (including phenoxy) is 1. The zero-order valence-corrected chi connectivity index (χ0v) is 19.6. The quantitative estimate of drug-likeness (QED) is 0.539. The van der Waals surface area contributed by atoms with E-state index in [1.165, 1.54) is 23.8 Å². The summed E-state index contributed by atoms with van der Waals surface area (Å²) in [5.41, 5.74) is 6.00. The van der Waals surface area contributed by atoms with E-state index in [9.17, 15) is 4.79 Å². The Morgan fingerprint density at radius 2 is 2.03 bits per heavy atom. The van der Waals surface area contributed by atoms with Crippen LogP contribution in [0.4, 0.5) is 14.9 Å². The molecule has 2 fully saturated rings. The van der Waals surface area contributed by atoms with Gasteiger partial charge >= 0.3 is 6.09 Å². The van der Waals surface area contributed by atoms with Gasteiger partial charge in [0.05, 0.1) is 36.4 Å². The second kappa shape index (κ2) is 9.67. The lowest BCUT2D eigenvalue weighted by Gasteiger charge is -2.17. The van der Waals surface area contributed by atoms with Gasteiger partial charge in [-0.25, -0.2) is 13.9 Å². The van der Waals surface area contributed by atoms with Crippen molar-refractivity contribution in [1.29, 1.82) is 0 Å². The highest BCUT2D eigenvalue weighted by Gasteiger charge is 2.33. The van der Waals surface area contributed by atoms with E-state index in [0.717, 1.165) is 31.0 Å². The molecule has 36 heavy (non-hydrogen) atoms. The molecule has 0 aliphatic carbocycles. The number of hydrogen-bond acceptors (Lipinski definition) is 8. The molecule has 2 aromatic heterocycles. The SMILES string of the molecule is O=C1O[C@@H](Cn2ccnn2)CN1c1ccc(-c2ccc(C3=C[C@@H](CN4CCCC4)ON3)nc2)c(F)c1. The summed E-state index contributed by atoms with van der Waals surface area (Å²) in [5, 5.41) is 7.64. The number of likely N-dealkylation sites (tertiary alicyclic amines) is 1. The molecule has 0 unspecified atom stereocenters. The van der Waals surface area contributed by atoms with Gasteiger partial charge in [0.2, 0.25) is 0 Å². The molecule has 0 saturated carbocycles. The van der Waals surface area contributed by atoms with E-state index in [4.69, 9.17) is 9.57 Å². The predicted molar refractivity (Wildman–Crippen MR) is 129 cm³/mol. The second-order valence-corrected chi connectivity index (χ2v) is 9.18. The molecule has 3 aliphatic rings. The molecule has 3 aliphatic heterocycles. The van der Waals surface area contributed by atoms with E-state index in [2.05, 4.69) is 25.7 Å². The molecule has 6 rings (SSSR count). The third-order valence-corrected chi connectivity index (χ3v) is 6.66. The standard InChI is InChI=1S/C25H26FN7O3/c26-22-11-18(33-16-20(35-25(33)34)15-32-10-7-28-30-32)4-5-21(22)17-3-6-23(27-13-17)24-12-19(36-29-24)14-31-8-1-2-9-31/h3-7,10-13,19-20,29H,1-2,8-9,14-16H2/t19-,20-/m0/s1. The van der Waals surface area contributed by atoms with Gasteiger partial charge in [-0.1, -0.05) is 11.3 Å². The van der Waals surface area contributed by atoms with Crippen LogP contribution in [0.1, 0.15) is 18.5 Å². The van der Waals surface area contributed by atoms with Crippen LogP contribution in [-0.4, -0.2) is 69.4 Å².